The summed E-state index contributed by atoms with van der Waals surface area (Å²) < 4.78 is 5.50. The number of aliphatic hydroxyl groups is 1. The summed E-state index contributed by atoms with van der Waals surface area (Å²) in [6.45, 7) is 3.22. The Morgan fingerprint density at radius 2 is 1.47 bits per heavy atom. The number of benzene rings is 2. The Bertz CT molecular complexity index is 973. The molecular weight excluding hydrogens is 380 g/mol. The molecule has 6 nitrogen and oxygen atoms in total. The second-order valence-electron chi connectivity index (χ2n) is 7.54. The van der Waals surface area contributed by atoms with E-state index in [9.17, 15) is 15.0 Å². The molecule has 1 aliphatic rings. The zero-order valence-electron chi connectivity index (χ0n) is 16.8. The molecule has 156 valence electrons. The summed E-state index contributed by atoms with van der Waals surface area (Å²) in [6, 6.07) is 22.3. The van der Waals surface area contributed by atoms with Crippen molar-refractivity contribution in [2.24, 2.45) is 0 Å². The number of hydrogen-bond acceptors (Lipinski definition) is 6. The number of hydrogen-bond donors (Lipinski definition) is 2. The Kier molecular flexibility index (Phi) is 6.28. The molecule has 0 bridgehead atoms. The molecule has 0 radical (unpaired) electrons. The predicted octanol–water partition coefficient (Wildman–Crippen LogP) is 2.74. The van der Waals surface area contributed by atoms with Gasteiger partial charge >= 0.3 is 0 Å². The van der Waals surface area contributed by atoms with Gasteiger partial charge in [0.2, 0.25) is 11.2 Å². The van der Waals surface area contributed by atoms with Gasteiger partial charge in [-0.3, -0.25) is 14.6 Å². The molecule has 30 heavy (non-hydrogen) atoms. The fourth-order valence-electron chi connectivity index (χ4n) is 4.04. The molecule has 6 heteroatoms. The normalized spacial score (nSPS) is 15.5. The van der Waals surface area contributed by atoms with Gasteiger partial charge in [0, 0.05) is 32.2 Å². The maximum atomic E-state index is 11.9. The first-order chi connectivity index (χ1) is 14.7. The van der Waals surface area contributed by atoms with Crippen LogP contribution in [0.1, 0.15) is 28.7 Å². The lowest BCUT2D eigenvalue weighted by atomic mass is 9.96. The molecule has 0 atom stereocenters. The van der Waals surface area contributed by atoms with E-state index < -0.39 is 5.43 Å². The summed E-state index contributed by atoms with van der Waals surface area (Å²) in [5.74, 6) is 0.00315. The third kappa shape index (κ3) is 4.46. The van der Waals surface area contributed by atoms with Crippen molar-refractivity contribution in [1.29, 1.82) is 0 Å². The summed E-state index contributed by atoms with van der Waals surface area (Å²) in [5, 5.41) is 19.3. The first kappa shape index (κ1) is 20.3. The highest BCUT2D eigenvalue weighted by atomic mass is 16.4. The van der Waals surface area contributed by atoms with E-state index in [0.717, 1.165) is 32.2 Å². The molecule has 0 saturated carbocycles. The van der Waals surface area contributed by atoms with Crippen LogP contribution in [0.3, 0.4) is 0 Å². The van der Waals surface area contributed by atoms with Crippen LogP contribution in [0.2, 0.25) is 0 Å². The molecule has 3 aromatic rings. The van der Waals surface area contributed by atoms with Crippen molar-refractivity contribution in [1.82, 2.24) is 9.80 Å². The van der Waals surface area contributed by atoms with Gasteiger partial charge in [-0.1, -0.05) is 60.7 Å². The van der Waals surface area contributed by atoms with Crippen molar-refractivity contribution < 1.29 is 14.6 Å². The van der Waals surface area contributed by atoms with Gasteiger partial charge in [0.05, 0.1) is 12.6 Å². The van der Waals surface area contributed by atoms with Gasteiger partial charge in [-0.15, -0.1) is 0 Å². The standard InChI is InChI=1S/C24H26N2O4/c27-17-20-15-21(28)24(29)22(30-20)16-25-11-13-26(14-12-25)23(18-7-3-1-4-8-18)19-9-5-2-6-10-19/h1-10,15,23,27,29H,11-14,16-17H2. The summed E-state index contributed by atoms with van der Waals surface area (Å²) in [7, 11) is 0. The highest BCUT2D eigenvalue weighted by molar-refractivity contribution is 5.32. The lowest BCUT2D eigenvalue weighted by Crippen LogP contribution is -2.47. The van der Waals surface area contributed by atoms with Crippen LogP contribution in [0.4, 0.5) is 0 Å². The average molecular weight is 406 g/mol. The fourth-order valence-corrected chi connectivity index (χ4v) is 4.04. The van der Waals surface area contributed by atoms with E-state index in [0.29, 0.717) is 6.54 Å². The van der Waals surface area contributed by atoms with Gasteiger partial charge in [-0.25, -0.2) is 0 Å². The largest absolute Gasteiger partial charge is 0.502 e. The predicted molar refractivity (Wildman–Crippen MR) is 114 cm³/mol. The Labute approximate surface area is 175 Å². The Morgan fingerprint density at radius 1 is 0.900 bits per heavy atom. The zero-order chi connectivity index (χ0) is 20.9. The summed E-state index contributed by atoms with van der Waals surface area (Å²) in [5.41, 5.74) is 2.00. The van der Waals surface area contributed by atoms with Crippen LogP contribution in [-0.4, -0.2) is 46.2 Å². The van der Waals surface area contributed by atoms with E-state index >= 15 is 0 Å². The highest BCUT2D eigenvalue weighted by Gasteiger charge is 2.27. The molecule has 4 rings (SSSR count). The van der Waals surface area contributed by atoms with Crippen LogP contribution in [0, 0.1) is 0 Å². The van der Waals surface area contributed by atoms with Crippen molar-refractivity contribution in [3.8, 4) is 5.75 Å². The van der Waals surface area contributed by atoms with Gasteiger partial charge in [0.1, 0.15) is 12.4 Å². The lowest BCUT2D eigenvalue weighted by Gasteiger charge is -2.39. The molecule has 0 aliphatic carbocycles. The topological polar surface area (TPSA) is 77.2 Å². The third-order valence-corrected chi connectivity index (χ3v) is 5.57. The molecule has 0 amide bonds. The van der Waals surface area contributed by atoms with Crippen molar-refractivity contribution in [2.75, 3.05) is 26.2 Å². The second kappa shape index (κ2) is 9.26. The number of piperazine rings is 1. The Morgan fingerprint density at radius 3 is 2.00 bits per heavy atom. The van der Waals surface area contributed by atoms with E-state index in [2.05, 4.69) is 58.3 Å². The van der Waals surface area contributed by atoms with Gasteiger partial charge in [0.25, 0.3) is 0 Å². The van der Waals surface area contributed by atoms with Crippen LogP contribution < -0.4 is 5.43 Å². The molecule has 0 unspecified atom stereocenters. The molecule has 0 spiro atoms. The van der Waals surface area contributed by atoms with Gasteiger partial charge in [-0.2, -0.15) is 0 Å². The van der Waals surface area contributed by atoms with Crippen LogP contribution >= 0.6 is 0 Å². The number of rotatable bonds is 6. The summed E-state index contributed by atoms with van der Waals surface area (Å²) in [4.78, 5) is 16.5. The van der Waals surface area contributed by atoms with Gasteiger partial charge in [0.15, 0.2) is 5.76 Å². The minimum atomic E-state index is -0.521. The molecular formula is C24H26N2O4. The molecule has 1 aromatic heterocycles. The van der Waals surface area contributed by atoms with Crippen LogP contribution in [0.25, 0.3) is 0 Å². The minimum absolute atomic E-state index is 0.166. The fraction of sp³-hybridized carbons (Fsp3) is 0.292. The molecule has 1 aliphatic heterocycles. The number of aromatic hydroxyl groups is 1. The van der Waals surface area contributed by atoms with E-state index in [-0.39, 0.29) is 29.9 Å². The SMILES string of the molecule is O=c1cc(CO)oc(CN2CCN(C(c3ccccc3)c3ccccc3)CC2)c1O. The quantitative estimate of drug-likeness (QED) is 0.656. The van der Waals surface area contributed by atoms with E-state index in [4.69, 9.17) is 4.42 Å². The second-order valence-corrected chi connectivity index (χ2v) is 7.54. The maximum Gasteiger partial charge on any atom is 0.227 e. The van der Waals surface area contributed by atoms with E-state index in [1.807, 2.05) is 12.1 Å². The Balaban J connectivity index is 1.49. The molecule has 1 saturated heterocycles. The lowest BCUT2D eigenvalue weighted by molar-refractivity contribution is 0.0967. The van der Waals surface area contributed by atoms with Crippen molar-refractivity contribution >= 4 is 0 Å². The zero-order valence-corrected chi connectivity index (χ0v) is 16.8. The molecule has 1 fully saturated rings. The monoisotopic (exact) mass is 406 g/mol. The highest BCUT2D eigenvalue weighted by Crippen LogP contribution is 2.30. The van der Waals surface area contributed by atoms with Gasteiger partial charge < -0.3 is 14.6 Å². The van der Waals surface area contributed by atoms with Gasteiger partial charge in [-0.05, 0) is 11.1 Å². The summed E-state index contributed by atoms with van der Waals surface area (Å²) >= 11 is 0. The van der Waals surface area contributed by atoms with E-state index in [1.165, 1.54) is 11.1 Å². The smallest absolute Gasteiger partial charge is 0.227 e. The number of aliphatic hydroxyl groups excluding tert-OH is 1. The van der Waals surface area contributed by atoms with Crippen molar-refractivity contribution in [3.05, 3.63) is 99.6 Å². The third-order valence-electron chi connectivity index (χ3n) is 5.57. The van der Waals surface area contributed by atoms with Crippen molar-refractivity contribution in [3.63, 3.8) is 0 Å². The molecule has 2 heterocycles. The molecule has 2 aromatic carbocycles. The number of nitrogens with zero attached hydrogens (tertiary/aromatic N) is 2. The van der Waals surface area contributed by atoms with Crippen LogP contribution in [0.5, 0.6) is 5.75 Å². The van der Waals surface area contributed by atoms with Crippen LogP contribution in [0.15, 0.2) is 75.9 Å². The molecule has 2 N–H and O–H groups in total. The average Bonchev–Trinajstić information content (AvgIpc) is 2.79. The first-order valence-electron chi connectivity index (χ1n) is 10.2. The Hall–Kier alpha value is -2.93. The minimum Gasteiger partial charge on any atom is -0.502 e. The summed E-state index contributed by atoms with van der Waals surface area (Å²) in [6.07, 6.45) is 0. The van der Waals surface area contributed by atoms with E-state index in [1.54, 1.807) is 0 Å². The van der Waals surface area contributed by atoms with Crippen LogP contribution in [-0.2, 0) is 13.2 Å². The first-order valence-corrected chi connectivity index (χ1v) is 10.2. The van der Waals surface area contributed by atoms with Crippen molar-refractivity contribution in [2.45, 2.75) is 19.2 Å². The maximum absolute atomic E-state index is 11.9.